The molecule has 88 valence electrons. The molecule has 1 aromatic rings. The van der Waals surface area contributed by atoms with Crippen molar-refractivity contribution < 1.29 is 4.39 Å². The molecule has 1 aliphatic heterocycles. The van der Waals surface area contributed by atoms with Crippen molar-refractivity contribution in [2.45, 2.75) is 25.9 Å². The monoisotopic (exact) mass is 286 g/mol. The van der Waals surface area contributed by atoms with Gasteiger partial charge in [-0.3, -0.25) is 0 Å². The molecule has 0 spiro atoms. The summed E-state index contributed by atoms with van der Waals surface area (Å²) in [5.74, 6) is -0.192. The summed E-state index contributed by atoms with van der Waals surface area (Å²) < 4.78 is 14.2. The molecule has 0 bridgehead atoms. The van der Waals surface area contributed by atoms with Crippen LogP contribution in [0.25, 0.3) is 0 Å². The summed E-state index contributed by atoms with van der Waals surface area (Å²) in [6.45, 7) is 6.19. The van der Waals surface area contributed by atoms with Crippen LogP contribution < -0.4 is 10.2 Å². The molecule has 0 aromatic heterocycles. The highest BCUT2D eigenvalue weighted by atomic mass is 79.9. The van der Waals surface area contributed by atoms with E-state index >= 15 is 0 Å². The topological polar surface area (TPSA) is 15.3 Å². The van der Waals surface area contributed by atoms with E-state index in [2.05, 4.69) is 40.0 Å². The molecule has 1 N–H and O–H groups in total. The van der Waals surface area contributed by atoms with Gasteiger partial charge in [0.1, 0.15) is 5.82 Å². The van der Waals surface area contributed by atoms with Crippen LogP contribution in [0, 0.1) is 5.82 Å². The van der Waals surface area contributed by atoms with Gasteiger partial charge in [-0.15, -0.1) is 0 Å². The predicted octanol–water partition coefficient (Wildman–Crippen LogP) is 2.77. The Labute approximate surface area is 104 Å². The molecule has 0 aliphatic carbocycles. The summed E-state index contributed by atoms with van der Waals surface area (Å²) in [7, 11) is 0. The fraction of sp³-hybridized carbons (Fsp3) is 0.500. The molecule has 1 heterocycles. The Kier molecular flexibility index (Phi) is 3.50. The summed E-state index contributed by atoms with van der Waals surface area (Å²) in [5.41, 5.74) is 0.952. The quantitative estimate of drug-likeness (QED) is 0.854. The van der Waals surface area contributed by atoms with Crippen molar-refractivity contribution in [1.29, 1.82) is 0 Å². The minimum Gasteiger partial charge on any atom is -0.363 e. The van der Waals surface area contributed by atoms with Gasteiger partial charge in [-0.2, -0.15) is 0 Å². The van der Waals surface area contributed by atoms with E-state index < -0.39 is 0 Å². The average Bonchev–Trinajstić information content (AvgIpc) is 2.15. The molecule has 0 unspecified atom stereocenters. The van der Waals surface area contributed by atoms with E-state index in [9.17, 15) is 4.39 Å². The van der Waals surface area contributed by atoms with Crippen LogP contribution in [0.2, 0.25) is 0 Å². The van der Waals surface area contributed by atoms with Gasteiger partial charge in [-0.25, -0.2) is 4.39 Å². The maximum absolute atomic E-state index is 13.4. The van der Waals surface area contributed by atoms with Crippen molar-refractivity contribution in [2.24, 2.45) is 0 Å². The van der Waals surface area contributed by atoms with E-state index in [1.54, 1.807) is 6.07 Å². The highest BCUT2D eigenvalue weighted by molar-refractivity contribution is 9.10. The molecule has 4 heteroatoms. The Morgan fingerprint density at radius 1 is 1.25 bits per heavy atom. The summed E-state index contributed by atoms with van der Waals surface area (Å²) >= 11 is 3.34. The lowest BCUT2D eigenvalue weighted by Gasteiger charge is -2.41. The SMILES string of the molecule is C[C@@H]1CNC[C@H](C)N1c1cc(F)cc(Br)c1. The second kappa shape index (κ2) is 4.72. The Morgan fingerprint density at radius 3 is 2.44 bits per heavy atom. The Bertz CT molecular complexity index is 353. The highest BCUT2D eigenvalue weighted by Crippen LogP contribution is 2.26. The minimum absolute atomic E-state index is 0.192. The van der Waals surface area contributed by atoms with E-state index in [1.165, 1.54) is 6.07 Å². The third-order valence-electron chi connectivity index (χ3n) is 2.97. The van der Waals surface area contributed by atoms with E-state index in [0.717, 1.165) is 23.2 Å². The molecular weight excluding hydrogens is 271 g/mol. The largest absolute Gasteiger partial charge is 0.363 e. The molecule has 1 aliphatic rings. The maximum atomic E-state index is 13.4. The standard InChI is InChI=1S/C12H16BrFN2/c1-8-6-15-7-9(2)16(8)12-4-10(13)3-11(14)5-12/h3-5,8-9,15H,6-7H2,1-2H3/t8-,9+. The lowest BCUT2D eigenvalue weighted by atomic mass is 10.1. The lowest BCUT2D eigenvalue weighted by Crippen LogP contribution is -2.55. The number of anilines is 1. The van der Waals surface area contributed by atoms with Crippen LogP contribution in [0.5, 0.6) is 0 Å². The van der Waals surface area contributed by atoms with Gasteiger partial charge in [0.25, 0.3) is 0 Å². The molecule has 1 aromatic carbocycles. The molecule has 0 saturated carbocycles. The smallest absolute Gasteiger partial charge is 0.126 e. The van der Waals surface area contributed by atoms with E-state index in [1.807, 2.05) is 6.07 Å². The van der Waals surface area contributed by atoms with Crippen LogP contribution in [0.15, 0.2) is 22.7 Å². The second-order valence-corrected chi connectivity index (χ2v) is 5.31. The number of nitrogens with one attached hydrogen (secondary N) is 1. The van der Waals surface area contributed by atoms with Crippen LogP contribution in [0.1, 0.15) is 13.8 Å². The number of hydrogen-bond donors (Lipinski definition) is 1. The average molecular weight is 287 g/mol. The third kappa shape index (κ3) is 2.38. The number of rotatable bonds is 1. The van der Waals surface area contributed by atoms with Gasteiger partial charge >= 0.3 is 0 Å². The zero-order valence-electron chi connectivity index (χ0n) is 9.50. The van der Waals surface area contributed by atoms with Crippen LogP contribution in [0.3, 0.4) is 0 Å². The van der Waals surface area contributed by atoms with E-state index in [0.29, 0.717) is 12.1 Å². The van der Waals surface area contributed by atoms with E-state index in [4.69, 9.17) is 0 Å². The number of halogens is 2. The Morgan fingerprint density at radius 2 is 1.88 bits per heavy atom. The molecule has 0 radical (unpaired) electrons. The van der Waals surface area contributed by atoms with Crippen molar-refractivity contribution in [3.8, 4) is 0 Å². The maximum Gasteiger partial charge on any atom is 0.126 e. The van der Waals surface area contributed by atoms with Gasteiger partial charge in [-0.05, 0) is 32.0 Å². The first-order valence-corrected chi connectivity index (χ1v) is 6.32. The van der Waals surface area contributed by atoms with Crippen LogP contribution in [-0.4, -0.2) is 25.2 Å². The molecular formula is C12H16BrFN2. The summed E-state index contributed by atoms with van der Waals surface area (Å²) in [6, 6.07) is 5.83. The van der Waals surface area contributed by atoms with Crippen molar-refractivity contribution in [2.75, 3.05) is 18.0 Å². The van der Waals surface area contributed by atoms with Crippen LogP contribution in [-0.2, 0) is 0 Å². The molecule has 16 heavy (non-hydrogen) atoms. The third-order valence-corrected chi connectivity index (χ3v) is 3.43. The molecule has 2 atom stereocenters. The van der Waals surface area contributed by atoms with Gasteiger partial charge in [0.05, 0.1) is 0 Å². The van der Waals surface area contributed by atoms with E-state index in [-0.39, 0.29) is 5.82 Å². The fourth-order valence-electron chi connectivity index (χ4n) is 2.33. The van der Waals surface area contributed by atoms with Gasteiger partial charge in [0, 0.05) is 35.3 Å². The number of nitrogens with zero attached hydrogens (tertiary/aromatic N) is 1. The summed E-state index contributed by atoms with van der Waals surface area (Å²) in [4.78, 5) is 2.27. The normalized spacial score (nSPS) is 25.9. The number of hydrogen-bond acceptors (Lipinski definition) is 2. The van der Waals surface area contributed by atoms with Crippen molar-refractivity contribution in [3.63, 3.8) is 0 Å². The molecule has 2 rings (SSSR count). The first-order valence-electron chi connectivity index (χ1n) is 5.53. The van der Waals surface area contributed by atoms with Gasteiger partial charge in [-0.1, -0.05) is 15.9 Å². The number of piperazine rings is 1. The van der Waals surface area contributed by atoms with Crippen LogP contribution in [0.4, 0.5) is 10.1 Å². The van der Waals surface area contributed by atoms with Gasteiger partial charge < -0.3 is 10.2 Å². The first kappa shape index (κ1) is 11.9. The molecule has 2 nitrogen and oxygen atoms in total. The summed E-state index contributed by atoms with van der Waals surface area (Å²) in [6.07, 6.45) is 0. The lowest BCUT2D eigenvalue weighted by molar-refractivity contribution is 0.431. The molecule has 1 saturated heterocycles. The predicted molar refractivity (Wildman–Crippen MR) is 68.4 cm³/mol. The van der Waals surface area contributed by atoms with Gasteiger partial charge in [0.15, 0.2) is 0 Å². The second-order valence-electron chi connectivity index (χ2n) is 4.39. The van der Waals surface area contributed by atoms with Gasteiger partial charge in [0.2, 0.25) is 0 Å². The molecule has 0 amide bonds. The zero-order chi connectivity index (χ0) is 11.7. The van der Waals surface area contributed by atoms with Crippen molar-refractivity contribution in [3.05, 3.63) is 28.5 Å². The minimum atomic E-state index is -0.192. The highest BCUT2D eigenvalue weighted by Gasteiger charge is 2.24. The Hall–Kier alpha value is -0.610. The van der Waals surface area contributed by atoms with Crippen LogP contribution >= 0.6 is 15.9 Å². The van der Waals surface area contributed by atoms with Crippen molar-refractivity contribution >= 4 is 21.6 Å². The first-order chi connectivity index (χ1) is 7.58. The van der Waals surface area contributed by atoms with Crippen molar-refractivity contribution in [1.82, 2.24) is 5.32 Å². The Balaban J connectivity index is 2.33. The zero-order valence-corrected chi connectivity index (χ0v) is 11.1. The molecule has 1 fully saturated rings. The summed E-state index contributed by atoms with van der Waals surface area (Å²) in [5, 5.41) is 3.37. The number of benzene rings is 1. The fourth-order valence-corrected chi connectivity index (χ4v) is 2.78.